The summed E-state index contributed by atoms with van der Waals surface area (Å²) in [7, 11) is 0. The molecular formula is C42H42BrN3O8S. The Hall–Kier alpha value is -4.95. The number of phenols is 1. The van der Waals surface area contributed by atoms with E-state index in [9.17, 15) is 19.5 Å². The molecule has 1 unspecified atom stereocenters. The number of nitrogens with zero attached hydrogens (tertiary/aromatic N) is 1. The summed E-state index contributed by atoms with van der Waals surface area (Å²) >= 11 is 5.09. The fourth-order valence-corrected chi connectivity index (χ4v) is 8.02. The first kappa shape index (κ1) is 38.3. The second-order valence-corrected chi connectivity index (χ2v) is 15.3. The molecule has 1 fully saturated rings. The van der Waals surface area contributed by atoms with Crippen LogP contribution in [0.25, 0.3) is 20.5 Å². The van der Waals surface area contributed by atoms with E-state index in [0.29, 0.717) is 57.3 Å². The lowest BCUT2D eigenvalue weighted by Gasteiger charge is -2.29. The van der Waals surface area contributed by atoms with Gasteiger partial charge in [0.05, 0.1) is 11.5 Å². The van der Waals surface area contributed by atoms with Crippen LogP contribution >= 0.6 is 27.3 Å². The summed E-state index contributed by atoms with van der Waals surface area (Å²) in [5.41, 5.74) is 3.43. The van der Waals surface area contributed by atoms with Crippen LogP contribution in [0.5, 0.6) is 23.0 Å². The third kappa shape index (κ3) is 9.65. The van der Waals surface area contributed by atoms with Crippen LogP contribution in [0.15, 0.2) is 89.4 Å². The van der Waals surface area contributed by atoms with Gasteiger partial charge in [0, 0.05) is 78.2 Å². The number of phenolic OH excluding ortho intramolecular Hbond substituents is 1. The van der Waals surface area contributed by atoms with Gasteiger partial charge < -0.3 is 34.3 Å². The van der Waals surface area contributed by atoms with Gasteiger partial charge in [-0.15, -0.1) is 11.3 Å². The third-order valence-corrected chi connectivity index (χ3v) is 11.1. The molecule has 1 saturated heterocycles. The van der Waals surface area contributed by atoms with Crippen molar-refractivity contribution in [1.29, 1.82) is 0 Å². The topological polar surface area (TPSA) is 136 Å². The van der Waals surface area contributed by atoms with E-state index in [-0.39, 0.29) is 24.0 Å². The van der Waals surface area contributed by atoms with Gasteiger partial charge in [-0.1, -0.05) is 28.1 Å². The van der Waals surface area contributed by atoms with Crippen molar-refractivity contribution in [3.63, 3.8) is 0 Å². The normalized spacial score (nSPS) is 15.3. The number of anilines is 1. The number of carbonyl (C=O) groups excluding carboxylic acids is 3. The van der Waals surface area contributed by atoms with E-state index in [1.54, 1.807) is 34.4 Å². The molecule has 11 nitrogen and oxygen atoms in total. The maximum Gasteiger partial charge on any atom is 0.255 e. The molecule has 0 spiro atoms. The summed E-state index contributed by atoms with van der Waals surface area (Å²) in [5.74, 6) is 1.56. The van der Waals surface area contributed by atoms with Gasteiger partial charge in [0.2, 0.25) is 11.8 Å². The molecule has 3 N–H and O–H groups in total. The van der Waals surface area contributed by atoms with Crippen LogP contribution in [0.4, 0.5) is 5.69 Å². The van der Waals surface area contributed by atoms with Crippen molar-refractivity contribution in [2.45, 2.75) is 44.7 Å². The van der Waals surface area contributed by atoms with E-state index in [2.05, 4.69) is 26.6 Å². The second-order valence-electron chi connectivity index (χ2n) is 13.4. The van der Waals surface area contributed by atoms with Crippen LogP contribution in [0.1, 0.15) is 48.0 Å². The van der Waals surface area contributed by atoms with E-state index in [4.69, 9.17) is 18.9 Å². The van der Waals surface area contributed by atoms with Crippen molar-refractivity contribution in [2.75, 3.05) is 44.9 Å². The molecule has 2 aliphatic heterocycles. The summed E-state index contributed by atoms with van der Waals surface area (Å²) in [4.78, 5) is 39.2. The molecule has 13 heteroatoms. The molecule has 0 bridgehead atoms. The van der Waals surface area contributed by atoms with E-state index < -0.39 is 11.9 Å². The third-order valence-electron chi connectivity index (χ3n) is 9.38. The number of ether oxygens (including phenoxy) is 4. The molecule has 7 rings (SSSR count). The number of carbonyl (C=O) groups is 3. The molecule has 1 aromatic heterocycles. The number of rotatable bonds is 18. The first-order valence-corrected chi connectivity index (χ1v) is 20.0. The largest absolute Gasteiger partial charge is 0.508 e. The zero-order valence-electron chi connectivity index (χ0n) is 30.2. The maximum atomic E-state index is 12.9. The predicted octanol–water partition coefficient (Wildman–Crippen LogP) is 8.28. The zero-order valence-corrected chi connectivity index (χ0v) is 32.6. The fraction of sp³-hybridized carbons (Fsp3) is 0.310. The van der Waals surface area contributed by atoms with Crippen molar-refractivity contribution in [3.8, 4) is 33.4 Å². The summed E-state index contributed by atoms with van der Waals surface area (Å²) < 4.78 is 25.8. The number of thiophene rings is 1. The highest BCUT2D eigenvalue weighted by atomic mass is 79.9. The van der Waals surface area contributed by atoms with Gasteiger partial charge in [0.25, 0.3) is 5.91 Å². The van der Waals surface area contributed by atoms with Crippen molar-refractivity contribution in [3.05, 3.63) is 101 Å². The quantitative estimate of drug-likeness (QED) is 0.0589. The van der Waals surface area contributed by atoms with E-state index >= 15 is 0 Å². The minimum absolute atomic E-state index is 0.171. The summed E-state index contributed by atoms with van der Waals surface area (Å²) in [6.07, 6.45) is 2.99. The highest BCUT2D eigenvalue weighted by molar-refractivity contribution is 9.10. The summed E-state index contributed by atoms with van der Waals surface area (Å²) in [6, 6.07) is 26.0. The molecule has 1 atom stereocenters. The molecule has 3 heterocycles. The number of imide groups is 1. The number of hydrogen-bond acceptors (Lipinski definition) is 10. The van der Waals surface area contributed by atoms with Gasteiger partial charge >= 0.3 is 0 Å². The van der Waals surface area contributed by atoms with Gasteiger partial charge in [-0.25, -0.2) is 0 Å². The van der Waals surface area contributed by atoms with Gasteiger partial charge in [-0.2, -0.15) is 0 Å². The molecule has 3 amide bonds. The Balaban J connectivity index is 0.742. The average molecular weight is 829 g/mol. The fourth-order valence-electron chi connectivity index (χ4n) is 6.59. The summed E-state index contributed by atoms with van der Waals surface area (Å²) in [5, 5.41) is 16.7. The molecule has 4 aromatic carbocycles. The lowest BCUT2D eigenvalue weighted by atomic mass is 10.0. The van der Waals surface area contributed by atoms with Crippen LogP contribution in [0.3, 0.4) is 0 Å². The molecule has 286 valence electrons. The molecule has 0 radical (unpaired) electrons. The van der Waals surface area contributed by atoms with Gasteiger partial charge in [-0.05, 0) is 103 Å². The Labute approximate surface area is 331 Å². The molecule has 2 aliphatic rings. The van der Waals surface area contributed by atoms with E-state index in [0.717, 1.165) is 73.6 Å². The Kier molecular flexibility index (Phi) is 12.6. The highest BCUT2D eigenvalue weighted by Crippen LogP contribution is 2.47. The maximum absolute atomic E-state index is 12.9. The van der Waals surface area contributed by atoms with Crippen LogP contribution < -0.4 is 20.1 Å². The number of aromatic hydroxyl groups is 1. The standard InChI is InChI=1S/C42H42BrN3O8S/c43-29-6-4-27(5-7-29)40-39(35-15-9-31(47)25-37(35)55-40)54-33-12-10-32(11-13-33)53-23-3-22-52-21-2-20-51-19-1-18-44-30-8-14-34-28(24-30)26-46(42(34)50)36-16-17-38(48)45-41(36)49/h4-15,24-25,36,44,47H,1-3,16-23,26H2,(H,45,48,49). The predicted molar refractivity (Wildman–Crippen MR) is 215 cm³/mol. The van der Waals surface area contributed by atoms with Crippen molar-refractivity contribution in [2.24, 2.45) is 0 Å². The number of hydrogen-bond donors (Lipinski definition) is 3. The van der Waals surface area contributed by atoms with Crippen LogP contribution in [0.2, 0.25) is 0 Å². The summed E-state index contributed by atoms with van der Waals surface area (Å²) in [6.45, 7) is 4.08. The molecule has 5 aromatic rings. The Morgan fingerprint density at radius 1 is 0.836 bits per heavy atom. The second kappa shape index (κ2) is 18.1. The van der Waals surface area contributed by atoms with Crippen LogP contribution in [-0.4, -0.2) is 73.3 Å². The van der Waals surface area contributed by atoms with Gasteiger partial charge in [0.1, 0.15) is 23.3 Å². The van der Waals surface area contributed by atoms with Gasteiger partial charge in [-0.3, -0.25) is 19.7 Å². The Bertz CT molecular complexity index is 2140. The lowest BCUT2D eigenvalue weighted by Crippen LogP contribution is -2.52. The van der Waals surface area contributed by atoms with Crippen molar-refractivity contribution in [1.82, 2.24) is 10.2 Å². The first-order chi connectivity index (χ1) is 26.8. The SMILES string of the molecule is O=C1CCC(N2Cc3cc(NCCCOCCCOCCCOc4ccc(Oc5c(-c6ccc(Br)cc6)sc6cc(O)ccc56)cc4)ccc3C2=O)C(=O)N1. The molecule has 0 saturated carbocycles. The van der Waals surface area contributed by atoms with Crippen LogP contribution in [0, 0.1) is 0 Å². The van der Waals surface area contributed by atoms with Crippen molar-refractivity contribution < 1.29 is 38.4 Å². The highest BCUT2D eigenvalue weighted by Gasteiger charge is 2.39. The van der Waals surface area contributed by atoms with E-state index in [1.807, 2.05) is 66.7 Å². The number of piperidine rings is 1. The minimum atomic E-state index is -0.612. The number of halogens is 1. The molecular weight excluding hydrogens is 786 g/mol. The zero-order chi connectivity index (χ0) is 38.1. The lowest BCUT2D eigenvalue weighted by molar-refractivity contribution is -0.136. The Morgan fingerprint density at radius 2 is 1.56 bits per heavy atom. The molecule has 55 heavy (non-hydrogen) atoms. The number of amides is 3. The van der Waals surface area contributed by atoms with E-state index in [1.165, 1.54) is 0 Å². The average Bonchev–Trinajstić information content (AvgIpc) is 3.70. The van der Waals surface area contributed by atoms with Crippen molar-refractivity contribution >= 4 is 60.8 Å². The number of fused-ring (bicyclic) bond motifs is 2. The number of benzene rings is 4. The monoisotopic (exact) mass is 827 g/mol. The van der Waals surface area contributed by atoms with Crippen LogP contribution in [-0.2, 0) is 25.6 Å². The smallest absolute Gasteiger partial charge is 0.255 e. The van der Waals surface area contributed by atoms with Gasteiger partial charge in [0.15, 0.2) is 5.75 Å². The minimum Gasteiger partial charge on any atom is -0.508 e. The Morgan fingerprint density at radius 3 is 2.33 bits per heavy atom. The number of nitrogens with one attached hydrogen (secondary N) is 2. The molecule has 0 aliphatic carbocycles. The first-order valence-electron chi connectivity index (χ1n) is 18.4.